The van der Waals surface area contributed by atoms with Gasteiger partial charge in [-0.25, -0.2) is 4.98 Å². The smallest absolute Gasteiger partial charge is 0.229 e. The molecule has 3 N–H and O–H groups in total. The SMILES string of the molecule is Oc1cccc(CNc2nc(Nc3cccc(CBr)c3)ncc2Cl)c1. The molecule has 2 aromatic carbocycles. The first-order valence-electron chi connectivity index (χ1n) is 7.60. The zero-order valence-electron chi connectivity index (χ0n) is 13.2. The first-order chi connectivity index (χ1) is 12.1. The van der Waals surface area contributed by atoms with Crippen LogP contribution in [0.4, 0.5) is 17.5 Å². The molecule has 0 atom stereocenters. The molecule has 1 heterocycles. The largest absolute Gasteiger partial charge is 0.508 e. The maximum Gasteiger partial charge on any atom is 0.229 e. The van der Waals surface area contributed by atoms with Crippen molar-refractivity contribution in [3.63, 3.8) is 0 Å². The molecule has 0 fully saturated rings. The first kappa shape index (κ1) is 17.5. The molecule has 0 spiro atoms. The number of anilines is 3. The number of aromatic nitrogens is 2. The molecule has 0 radical (unpaired) electrons. The summed E-state index contributed by atoms with van der Waals surface area (Å²) in [5.41, 5.74) is 2.98. The molecule has 3 rings (SSSR count). The highest BCUT2D eigenvalue weighted by molar-refractivity contribution is 9.08. The van der Waals surface area contributed by atoms with Gasteiger partial charge in [0.15, 0.2) is 5.82 Å². The van der Waals surface area contributed by atoms with E-state index in [-0.39, 0.29) is 5.75 Å². The zero-order valence-corrected chi connectivity index (χ0v) is 15.5. The molecule has 0 bridgehead atoms. The molecule has 7 heteroatoms. The summed E-state index contributed by atoms with van der Waals surface area (Å²) >= 11 is 9.62. The van der Waals surface area contributed by atoms with Gasteiger partial charge in [0.25, 0.3) is 0 Å². The van der Waals surface area contributed by atoms with Crippen LogP contribution in [-0.2, 0) is 11.9 Å². The summed E-state index contributed by atoms with van der Waals surface area (Å²) in [5.74, 6) is 1.20. The second-order valence-corrected chi connectivity index (χ2v) is 6.34. The maximum atomic E-state index is 9.52. The molecular formula is C18H16BrClN4O. The van der Waals surface area contributed by atoms with Gasteiger partial charge in [-0.05, 0) is 35.4 Å². The van der Waals surface area contributed by atoms with Gasteiger partial charge in [0.2, 0.25) is 5.95 Å². The van der Waals surface area contributed by atoms with Crippen LogP contribution in [-0.4, -0.2) is 15.1 Å². The Bertz CT molecular complexity index is 875. The van der Waals surface area contributed by atoms with Crippen molar-refractivity contribution in [2.24, 2.45) is 0 Å². The number of hydrogen-bond acceptors (Lipinski definition) is 5. The van der Waals surface area contributed by atoms with E-state index in [9.17, 15) is 5.11 Å². The lowest BCUT2D eigenvalue weighted by Gasteiger charge is -2.11. The van der Waals surface area contributed by atoms with Gasteiger partial charge in [0, 0.05) is 17.6 Å². The van der Waals surface area contributed by atoms with E-state index in [1.54, 1.807) is 24.4 Å². The molecule has 0 saturated carbocycles. The Morgan fingerprint density at radius 3 is 2.68 bits per heavy atom. The van der Waals surface area contributed by atoms with Gasteiger partial charge in [-0.1, -0.05) is 51.8 Å². The molecule has 128 valence electrons. The summed E-state index contributed by atoms with van der Waals surface area (Å²) in [4.78, 5) is 8.63. The molecule has 0 saturated heterocycles. The first-order valence-corrected chi connectivity index (χ1v) is 9.10. The second kappa shape index (κ2) is 8.18. The molecule has 5 nitrogen and oxygen atoms in total. The highest BCUT2D eigenvalue weighted by Gasteiger charge is 2.06. The van der Waals surface area contributed by atoms with Crippen molar-refractivity contribution >= 4 is 45.0 Å². The Hall–Kier alpha value is -2.31. The van der Waals surface area contributed by atoms with Crippen molar-refractivity contribution in [2.75, 3.05) is 10.6 Å². The minimum absolute atomic E-state index is 0.224. The van der Waals surface area contributed by atoms with Crippen molar-refractivity contribution in [1.82, 2.24) is 9.97 Å². The van der Waals surface area contributed by atoms with Crippen LogP contribution in [0, 0.1) is 0 Å². The highest BCUT2D eigenvalue weighted by atomic mass is 79.9. The van der Waals surface area contributed by atoms with Crippen LogP contribution in [0.5, 0.6) is 5.75 Å². The lowest BCUT2D eigenvalue weighted by molar-refractivity contribution is 0.474. The number of benzene rings is 2. The van der Waals surface area contributed by atoms with Gasteiger partial charge in [0.05, 0.1) is 6.20 Å². The molecule has 0 amide bonds. The Morgan fingerprint density at radius 1 is 1.08 bits per heavy atom. The van der Waals surface area contributed by atoms with Crippen LogP contribution in [0.2, 0.25) is 5.02 Å². The van der Waals surface area contributed by atoms with Crippen molar-refractivity contribution in [3.05, 3.63) is 70.9 Å². The summed E-state index contributed by atoms with van der Waals surface area (Å²) in [5, 5.41) is 17.1. The van der Waals surface area contributed by atoms with E-state index in [0.29, 0.717) is 23.3 Å². The Kier molecular flexibility index (Phi) is 5.73. The van der Waals surface area contributed by atoms with E-state index in [4.69, 9.17) is 11.6 Å². The van der Waals surface area contributed by atoms with Crippen LogP contribution in [0.25, 0.3) is 0 Å². The third kappa shape index (κ3) is 4.84. The van der Waals surface area contributed by atoms with Crippen molar-refractivity contribution < 1.29 is 5.11 Å². The van der Waals surface area contributed by atoms with E-state index in [1.807, 2.05) is 30.3 Å². The summed E-state index contributed by atoms with van der Waals surface area (Å²) in [6.45, 7) is 0.490. The number of nitrogens with zero attached hydrogens (tertiary/aromatic N) is 2. The number of nitrogens with one attached hydrogen (secondary N) is 2. The summed E-state index contributed by atoms with van der Waals surface area (Å²) in [6.07, 6.45) is 1.55. The number of phenolic OH excluding ortho intramolecular Hbond substituents is 1. The summed E-state index contributed by atoms with van der Waals surface area (Å²) in [7, 11) is 0. The highest BCUT2D eigenvalue weighted by Crippen LogP contribution is 2.23. The fourth-order valence-electron chi connectivity index (χ4n) is 2.26. The lowest BCUT2D eigenvalue weighted by atomic mass is 10.2. The minimum atomic E-state index is 0.224. The third-order valence-electron chi connectivity index (χ3n) is 3.45. The molecule has 0 aliphatic rings. The molecule has 1 aromatic heterocycles. The van der Waals surface area contributed by atoms with Gasteiger partial charge in [0.1, 0.15) is 10.8 Å². The van der Waals surface area contributed by atoms with E-state index in [1.165, 1.54) is 0 Å². The number of aromatic hydroxyl groups is 1. The standard InChI is InChI=1S/C18H16BrClN4O/c19-9-12-3-1-5-14(7-12)23-18-22-11-16(20)17(24-18)21-10-13-4-2-6-15(25)8-13/h1-8,11,25H,9-10H2,(H2,21,22,23,24). The van der Waals surface area contributed by atoms with Crippen LogP contribution in [0.3, 0.4) is 0 Å². The van der Waals surface area contributed by atoms with Gasteiger partial charge >= 0.3 is 0 Å². The number of rotatable bonds is 6. The summed E-state index contributed by atoms with van der Waals surface area (Å²) in [6, 6.07) is 15.0. The number of phenols is 1. The van der Waals surface area contributed by atoms with Gasteiger partial charge in [-0.15, -0.1) is 0 Å². The monoisotopic (exact) mass is 418 g/mol. The Balaban J connectivity index is 1.73. The van der Waals surface area contributed by atoms with E-state index in [0.717, 1.165) is 22.1 Å². The topological polar surface area (TPSA) is 70.1 Å². The number of alkyl halides is 1. The van der Waals surface area contributed by atoms with E-state index < -0.39 is 0 Å². The van der Waals surface area contributed by atoms with Crippen molar-refractivity contribution in [3.8, 4) is 5.75 Å². The third-order valence-corrected chi connectivity index (χ3v) is 4.38. The van der Waals surface area contributed by atoms with Gasteiger partial charge in [-0.2, -0.15) is 4.98 Å². The van der Waals surface area contributed by atoms with Crippen LogP contribution >= 0.6 is 27.5 Å². The fraction of sp³-hybridized carbons (Fsp3) is 0.111. The fourth-order valence-corrected chi connectivity index (χ4v) is 2.77. The molecule has 0 aliphatic heterocycles. The normalized spacial score (nSPS) is 10.5. The average molecular weight is 420 g/mol. The number of halogens is 2. The van der Waals surface area contributed by atoms with Crippen molar-refractivity contribution in [2.45, 2.75) is 11.9 Å². The summed E-state index contributed by atoms with van der Waals surface area (Å²) < 4.78 is 0. The van der Waals surface area contributed by atoms with E-state index in [2.05, 4.69) is 36.5 Å². The molecule has 0 aliphatic carbocycles. The lowest BCUT2D eigenvalue weighted by Crippen LogP contribution is -2.05. The second-order valence-electron chi connectivity index (χ2n) is 5.37. The Labute approximate surface area is 159 Å². The van der Waals surface area contributed by atoms with Gasteiger partial charge in [-0.3, -0.25) is 0 Å². The minimum Gasteiger partial charge on any atom is -0.508 e. The molecule has 3 aromatic rings. The molecular weight excluding hydrogens is 404 g/mol. The zero-order chi connectivity index (χ0) is 17.6. The van der Waals surface area contributed by atoms with Crippen LogP contribution in [0.15, 0.2) is 54.7 Å². The maximum absolute atomic E-state index is 9.52. The van der Waals surface area contributed by atoms with Crippen LogP contribution in [0.1, 0.15) is 11.1 Å². The molecule has 25 heavy (non-hydrogen) atoms. The molecule has 0 unspecified atom stereocenters. The van der Waals surface area contributed by atoms with Crippen LogP contribution < -0.4 is 10.6 Å². The predicted octanol–water partition coefficient (Wildman–Crippen LogP) is 5.09. The quantitative estimate of drug-likeness (QED) is 0.486. The average Bonchev–Trinajstić information content (AvgIpc) is 2.62. The van der Waals surface area contributed by atoms with Crippen molar-refractivity contribution in [1.29, 1.82) is 0 Å². The number of hydrogen-bond donors (Lipinski definition) is 3. The predicted molar refractivity (Wildman–Crippen MR) is 105 cm³/mol. The van der Waals surface area contributed by atoms with Gasteiger partial charge < -0.3 is 15.7 Å². The van der Waals surface area contributed by atoms with E-state index >= 15 is 0 Å². The Morgan fingerprint density at radius 2 is 1.88 bits per heavy atom.